The van der Waals surface area contributed by atoms with Gasteiger partial charge in [0.05, 0.1) is 0 Å². The van der Waals surface area contributed by atoms with Crippen molar-refractivity contribution in [1.82, 2.24) is 0 Å². The first-order valence-corrected chi connectivity index (χ1v) is 4.98. The van der Waals surface area contributed by atoms with E-state index in [1.807, 2.05) is 5.57 Å². The Morgan fingerprint density at radius 3 is 1.91 bits per heavy atom. The van der Waals surface area contributed by atoms with Crippen LogP contribution >= 0.6 is 0 Å². The molecule has 6 atom stereocenters. The summed E-state index contributed by atoms with van der Waals surface area (Å²) in [6, 6.07) is 0. The first-order chi connectivity index (χ1) is 5.30. The molecule has 0 aliphatic heterocycles. The fraction of sp³-hybridized carbons (Fsp3) is 0.818. The monoisotopic (exact) mass is 146 g/mol. The molecule has 4 fully saturated rings. The second-order valence-electron chi connectivity index (χ2n) is 5.23. The maximum absolute atomic E-state index is 2.32. The van der Waals surface area contributed by atoms with Crippen LogP contribution in [0.5, 0.6) is 0 Å². The van der Waals surface area contributed by atoms with Crippen LogP contribution in [0.2, 0.25) is 0 Å². The maximum atomic E-state index is 2.32. The molecule has 6 unspecified atom stereocenters. The van der Waals surface area contributed by atoms with Crippen molar-refractivity contribution in [3.05, 3.63) is 11.1 Å². The molecule has 0 bridgehead atoms. The van der Waals surface area contributed by atoms with Crippen molar-refractivity contribution >= 4 is 0 Å². The van der Waals surface area contributed by atoms with Gasteiger partial charge in [0.1, 0.15) is 0 Å². The largest absolute Gasteiger partial charge is 0.0766 e. The van der Waals surface area contributed by atoms with E-state index in [4.69, 9.17) is 0 Å². The third-order valence-electron chi connectivity index (χ3n) is 4.74. The smallest absolute Gasteiger partial charge is 0.0132 e. The standard InChI is InChI=1S/C11H14/c1-4(2)7-8-5-3-6-9(7)11(6)10(5)8/h5-6,8-11H,3H2,1-2H3. The molecule has 0 aromatic heterocycles. The molecular formula is C11H14. The Morgan fingerprint density at radius 1 is 1.09 bits per heavy atom. The van der Waals surface area contributed by atoms with Crippen LogP contribution < -0.4 is 0 Å². The van der Waals surface area contributed by atoms with Gasteiger partial charge in [0.2, 0.25) is 0 Å². The topological polar surface area (TPSA) is 0 Å². The van der Waals surface area contributed by atoms with Gasteiger partial charge in [-0.05, 0) is 55.8 Å². The lowest BCUT2D eigenvalue weighted by Crippen LogP contribution is -2.03. The average Bonchev–Trinajstić information content (AvgIpc) is 2.75. The van der Waals surface area contributed by atoms with Crippen molar-refractivity contribution in [2.24, 2.45) is 35.5 Å². The van der Waals surface area contributed by atoms with E-state index in [2.05, 4.69) is 13.8 Å². The first-order valence-electron chi connectivity index (χ1n) is 4.98. The summed E-state index contributed by atoms with van der Waals surface area (Å²) in [6.45, 7) is 4.65. The van der Waals surface area contributed by atoms with Gasteiger partial charge in [-0.15, -0.1) is 0 Å². The normalized spacial score (nSPS) is 66.5. The van der Waals surface area contributed by atoms with Gasteiger partial charge in [-0.2, -0.15) is 0 Å². The summed E-state index contributed by atoms with van der Waals surface area (Å²) in [6.07, 6.45) is 1.61. The summed E-state index contributed by atoms with van der Waals surface area (Å²) in [5.74, 6) is 6.99. The SMILES string of the molecule is CC(C)=C1C2C3CC4C1C4C32. The van der Waals surface area contributed by atoms with Crippen molar-refractivity contribution < 1.29 is 0 Å². The summed E-state index contributed by atoms with van der Waals surface area (Å²) >= 11 is 0. The molecule has 4 rings (SSSR count). The summed E-state index contributed by atoms with van der Waals surface area (Å²) in [4.78, 5) is 0. The number of hydrogen-bond donors (Lipinski definition) is 0. The van der Waals surface area contributed by atoms with E-state index in [1.54, 1.807) is 12.0 Å². The molecule has 4 aliphatic rings. The molecule has 4 saturated carbocycles. The highest BCUT2D eigenvalue weighted by Crippen LogP contribution is 2.86. The predicted octanol–water partition coefficient (Wildman–Crippen LogP) is 2.46. The minimum atomic E-state index is 1.11. The zero-order valence-electron chi connectivity index (χ0n) is 7.17. The summed E-state index contributed by atoms with van der Waals surface area (Å²) in [5.41, 5.74) is 3.58. The minimum Gasteiger partial charge on any atom is -0.0766 e. The average molecular weight is 146 g/mol. The highest BCUT2D eigenvalue weighted by atomic mass is 14.8. The van der Waals surface area contributed by atoms with Crippen molar-refractivity contribution in [2.45, 2.75) is 20.3 Å². The van der Waals surface area contributed by atoms with Crippen LogP contribution in [-0.4, -0.2) is 0 Å². The summed E-state index contributed by atoms with van der Waals surface area (Å²) in [7, 11) is 0. The molecule has 11 heavy (non-hydrogen) atoms. The Bertz CT molecular complexity index is 260. The number of hydrogen-bond acceptors (Lipinski definition) is 0. The molecule has 0 heterocycles. The molecule has 0 N–H and O–H groups in total. The lowest BCUT2D eigenvalue weighted by atomic mass is 9.92. The van der Waals surface area contributed by atoms with Crippen molar-refractivity contribution in [1.29, 1.82) is 0 Å². The second-order valence-corrected chi connectivity index (χ2v) is 5.23. The third kappa shape index (κ3) is 0.369. The molecule has 0 nitrogen and oxygen atoms in total. The molecule has 0 aromatic carbocycles. The Labute approximate surface area is 67.7 Å². The van der Waals surface area contributed by atoms with Crippen molar-refractivity contribution in [3.63, 3.8) is 0 Å². The van der Waals surface area contributed by atoms with Gasteiger partial charge >= 0.3 is 0 Å². The van der Waals surface area contributed by atoms with E-state index in [-0.39, 0.29) is 0 Å². The molecule has 58 valence electrons. The zero-order chi connectivity index (χ0) is 7.33. The van der Waals surface area contributed by atoms with Gasteiger partial charge < -0.3 is 0 Å². The van der Waals surface area contributed by atoms with Gasteiger partial charge in [0.15, 0.2) is 0 Å². The zero-order valence-corrected chi connectivity index (χ0v) is 7.17. The second kappa shape index (κ2) is 1.22. The lowest BCUT2D eigenvalue weighted by Gasteiger charge is -2.13. The van der Waals surface area contributed by atoms with Crippen LogP contribution in [-0.2, 0) is 0 Å². The molecule has 0 aromatic rings. The summed E-state index contributed by atoms with van der Waals surface area (Å²) in [5, 5.41) is 0. The Hall–Kier alpha value is -0.260. The Morgan fingerprint density at radius 2 is 1.64 bits per heavy atom. The van der Waals surface area contributed by atoms with Gasteiger partial charge in [0.25, 0.3) is 0 Å². The first kappa shape index (κ1) is 5.40. The molecule has 0 amide bonds. The molecule has 0 radical (unpaired) electrons. The quantitative estimate of drug-likeness (QED) is 0.460. The van der Waals surface area contributed by atoms with Crippen LogP contribution in [0.4, 0.5) is 0 Å². The van der Waals surface area contributed by atoms with Gasteiger partial charge in [-0.25, -0.2) is 0 Å². The fourth-order valence-corrected chi connectivity index (χ4v) is 4.54. The predicted molar refractivity (Wildman–Crippen MR) is 43.9 cm³/mol. The van der Waals surface area contributed by atoms with Gasteiger partial charge in [0, 0.05) is 0 Å². The van der Waals surface area contributed by atoms with Crippen LogP contribution in [0.3, 0.4) is 0 Å². The van der Waals surface area contributed by atoms with Crippen LogP contribution in [0.25, 0.3) is 0 Å². The maximum Gasteiger partial charge on any atom is -0.0132 e. The van der Waals surface area contributed by atoms with E-state index in [0.717, 1.165) is 11.8 Å². The number of rotatable bonds is 0. The highest BCUT2D eigenvalue weighted by Gasteiger charge is 2.81. The van der Waals surface area contributed by atoms with E-state index in [9.17, 15) is 0 Å². The molecule has 0 heteroatoms. The van der Waals surface area contributed by atoms with Crippen LogP contribution in [0, 0.1) is 35.5 Å². The fourth-order valence-electron chi connectivity index (χ4n) is 4.54. The molecular weight excluding hydrogens is 132 g/mol. The van der Waals surface area contributed by atoms with E-state index in [1.165, 1.54) is 23.7 Å². The third-order valence-corrected chi connectivity index (χ3v) is 4.74. The lowest BCUT2D eigenvalue weighted by molar-refractivity contribution is 0.541. The number of allylic oxidation sites excluding steroid dienone is 2. The molecule has 4 aliphatic carbocycles. The van der Waals surface area contributed by atoms with Gasteiger partial charge in [-0.1, -0.05) is 11.1 Å². The van der Waals surface area contributed by atoms with Crippen molar-refractivity contribution in [2.75, 3.05) is 0 Å². The molecule has 0 saturated heterocycles. The Kier molecular flexibility index (Phi) is 0.596. The minimum absolute atomic E-state index is 1.11. The summed E-state index contributed by atoms with van der Waals surface area (Å²) < 4.78 is 0. The Balaban J connectivity index is 1.93. The molecule has 0 spiro atoms. The van der Waals surface area contributed by atoms with E-state index >= 15 is 0 Å². The van der Waals surface area contributed by atoms with E-state index in [0.29, 0.717) is 0 Å². The van der Waals surface area contributed by atoms with Crippen LogP contribution in [0.15, 0.2) is 11.1 Å². The van der Waals surface area contributed by atoms with Gasteiger partial charge in [-0.3, -0.25) is 0 Å². The van der Waals surface area contributed by atoms with Crippen molar-refractivity contribution in [3.8, 4) is 0 Å². The van der Waals surface area contributed by atoms with E-state index < -0.39 is 0 Å². The highest BCUT2D eigenvalue weighted by molar-refractivity contribution is 5.45. The van der Waals surface area contributed by atoms with Crippen LogP contribution in [0.1, 0.15) is 20.3 Å². The number of fused-ring (bicyclic) bond motifs is 2.